The van der Waals surface area contributed by atoms with E-state index in [1.807, 2.05) is 38.1 Å². The summed E-state index contributed by atoms with van der Waals surface area (Å²) in [6.45, 7) is 9.26. The Bertz CT molecular complexity index is 635. The Morgan fingerprint density at radius 2 is 1.75 bits per heavy atom. The highest BCUT2D eigenvalue weighted by molar-refractivity contribution is 8.04. The van der Waals surface area contributed by atoms with Gasteiger partial charge in [0.1, 0.15) is 5.75 Å². The molecule has 24 heavy (non-hydrogen) atoms. The van der Waals surface area contributed by atoms with Gasteiger partial charge in [0.25, 0.3) is 11.8 Å². The summed E-state index contributed by atoms with van der Waals surface area (Å²) in [6, 6.07) is 7.45. The standard InChI is InChI=1S/C19H25NO3S/c1-5-11-20-18(21)16(17(19(20)22)24-6-2)14-7-9-15(10-8-14)23-12-13(3)4/h7-10,13H,5-6,11-12H2,1-4H3. The Morgan fingerprint density at radius 3 is 2.29 bits per heavy atom. The molecule has 1 aromatic carbocycles. The summed E-state index contributed by atoms with van der Waals surface area (Å²) in [5.41, 5.74) is 1.30. The summed E-state index contributed by atoms with van der Waals surface area (Å²) in [7, 11) is 0. The van der Waals surface area contributed by atoms with Crippen LogP contribution in [0.5, 0.6) is 5.75 Å². The molecule has 0 spiro atoms. The summed E-state index contributed by atoms with van der Waals surface area (Å²) in [5, 5.41) is 0. The van der Waals surface area contributed by atoms with Crippen molar-refractivity contribution in [2.75, 3.05) is 18.9 Å². The van der Waals surface area contributed by atoms with Crippen LogP contribution in [0.1, 0.15) is 39.7 Å². The average molecular weight is 347 g/mol. The second-order valence-corrected chi connectivity index (χ2v) is 7.40. The summed E-state index contributed by atoms with van der Waals surface area (Å²) in [6.07, 6.45) is 0.761. The van der Waals surface area contributed by atoms with E-state index in [4.69, 9.17) is 4.74 Å². The molecule has 1 aromatic rings. The van der Waals surface area contributed by atoms with Gasteiger partial charge in [-0.2, -0.15) is 0 Å². The smallest absolute Gasteiger partial charge is 0.267 e. The number of carbonyl (C=O) groups is 2. The fraction of sp³-hybridized carbons (Fsp3) is 0.474. The van der Waals surface area contributed by atoms with Gasteiger partial charge in [-0.05, 0) is 35.8 Å². The van der Waals surface area contributed by atoms with Crippen LogP contribution in [0.25, 0.3) is 5.57 Å². The molecule has 1 aliphatic rings. The molecule has 0 N–H and O–H groups in total. The Balaban J connectivity index is 2.29. The number of hydrogen-bond acceptors (Lipinski definition) is 4. The van der Waals surface area contributed by atoms with Gasteiger partial charge in [-0.3, -0.25) is 14.5 Å². The molecule has 0 bridgehead atoms. The first-order valence-corrected chi connectivity index (χ1v) is 9.44. The maximum Gasteiger partial charge on any atom is 0.267 e. The van der Waals surface area contributed by atoms with Crippen molar-refractivity contribution in [3.05, 3.63) is 34.7 Å². The molecule has 0 atom stereocenters. The molecule has 5 heteroatoms. The Kier molecular flexibility index (Phi) is 6.49. The second-order valence-electron chi connectivity index (χ2n) is 6.13. The molecule has 2 amide bonds. The first-order chi connectivity index (χ1) is 11.5. The van der Waals surface area contributed by atoms with Gasteiger partial charge in [-0.15, -0.1) is 11.8 Å². The number of amides is 2. The lowest BCUT2D eigenvalue weighted by Crippen LogP contribution is -2.32. The van der Waals surface area contributed by atoms with E-state index < -0.39 is 0 Å². The van der Waals surface area contributed by atoms with Crippen molar-refractivity contribution in [2.45, 2.75) is 34.1 Å². The van der Waals surface area contributed by atoms with Crippen LogP contribution in [-0.4, -0.2) is 35.6 Å². The lowest BCUT2D eigenvalue weighted by atomic mass is 10.1. The molecule has 1 heterocycles. The van der Waals surface area contributed by atoms with Crippen LogP contribution in [0.4, 0.5) is 0 Å². The van der Waals surface area contributed by atoms with Crippen LogP contribution in [0, 0.1) is 5.92 Å². The van der Waals surface area contributed by atoms with E-state index >= 15 is 0 Å². The topological polar surface area (TPSA) is 46.6 Å². The molecule has 0 aliphatic carbocycles. The molecular formula is C19H25NO3S. The minimum absolute atomic E-state index is 0.163. The van der Waals surface area contributed by atoms with Gasteiger partial charge in [0.05, 0.1) is 17.1 Å². The first-order valence-electron chi connectivity index (χ1n) is 8.46. The van der Waals surface area contributed by atoms with Gasteiger partial charge < -0.3 is 4.74 Å². The van der Waals surface area contributed by atoms with Gasteiger partial charge in [-0.25, -0.2) is 0 Å². The van der Waals surface area contributed by atoms with Crippen LogP contribution >= 0.6 is 11.8 Å². The summed E-state index contributed by atoms with van der Waals surface area (Å²) in [5.74, 6) is 1.64. The van der Waals surface area contributed by atoms with E-state index in [0.29, 0.717) is 29.5 Å². The zero-order valence-electron chi connectivity index (χ0n) is 14.8. The van der Waals surface area contributed by atoms with Crippen LogP contribution in [-0.2, 0) is 9.59 Å². The summed E-state index contributed by atoms with van der Waals surface area (Å²) < 4.78 is 5.68. The predicted molar refractivity (Wildman–Crippen MR) is 98.8 cm³/mol. The maximum atomic E-state index is 12.7. The molecule has 4 nitrogen and oxygen atoms in total. The van der Waals surface area contributed by atoms with Crippen molar-refractivity contribution in [2.24, 2.45) is 5.92 Å². The van der Waals surface area contributed by atoms with Crippen molar-refractivity contribution in [3.8, 4) is 5.75 Å². The molecule has 2 rings (SSSR count). The number of ether oxygens (including phenoxy) is 1. The zero-order valence-corrected chi connectivity index (χ0v) is 15.6. The fourth-order valence-electron chi connectivity index (χ4n) is 2.49. The predicted octanol–water partition coefficient (Wildman–Crippen LogP) is 3.96. The summed E-state index contributed by atoms with van der Waals surface area (Å²) in [4.78, 5) is 27.1. The highest BCUT2D eigenvalue weighted by Gasteiger charge is 2.38. The van der Waals surface area contributed by atoms with Gasteiger partial charge in [0, 0.05) is 6.54 Å². The molecule has 0 unspecified atom stereocenters. The molecular weight excluding hydrogens is 322 g/mol. The first kappa shape index (κ1) is 18.6. The molecule has 0 radical (unpaired) electrons. The van der Waals surface area contributed by atoms with Gasteiger partial charge in [0.2, 0.25) is 0 Å². The second kappa shape index (κ2) is 8.38. The van der Waals surface area contributed by atoms with E-state index in [-0.39, 0.29) is 11.8 Å². The van der Waals surface area contributed by atoms with Crippen LogP contribution < -0.4 is 4.74 Å². The molecule has 0 saturated heterocycles. The number of benzene rings is 1. The number of rotatable bonds is 8. The normalized spacial score (nSPS) is 15.0. The largest absolute Gasteiger partial charge is 0.493 e. The number of carbonyl (C=O) groups excluding carboxylic acids is 2. The van der Waals surface area contributed by atoms with Crippen molar-refractivity contribution in [1.82, 2.24) is 4.90 Å². The minimum atomic E-state index is -0.186. The Morgan fingerprint density at radius 1 is 1.08 bits per heavy atom. The molecule has 0 fully saturated rings. The fourth-order valence-corrected chi connectivity index (χ4v) is 3.37. The van der Waals surface area contributed by atoms with Crippen molar-refractivity contribution < 1.29 is 14.3 Å². The van der Waals surface area contributed by atoms with E-state index in [1.54, 1.807) is 0 Å². The number of nitrogens with zero attached hydrogens (tertiary/aromatic N) is 1. The van der Waals surface area contributed by atoms with Crippen LogP contribution in [0.3, 0.4) is 0 Å². The number of hydrogen-bond donors (Lipinski definition) is 0. The molecule has 0 saturated carbocycles. The average Bonchev–Trinajstić information content (AvgIpc) is 2.79. The van der Waals surface area contributed by atoms with Crippen molar-refractivity contribution in [3.63, 3.8) is 0 Å². The van der Waals surface area contributed by atoms with Crippen LogP contribution in [0.15, 0.2) is 29.2 Å². The third-order valence-corrected chi connectivity index (χ3v) is 4.54. The van der Waals surface area contributed by atoms with E-state index in [2.05, 4.69) is 13.8 Å². The van der Waals surface area contributed by atoms with Crippen LogP contribution in [0.2, 0.25) is 0 Å². The number of imide groups is 1. The Hall–Kier alpha value is -1.75. The highest BCUT2D eigenvalue weighted by atomic mass is 32.2. The third-order valence-electron chi connectivity index (χ3n) is 3.59. The van der Waals surface area contributed by atoms with Crippen molar-refractivity contribution >= 4 is 29.1 Å². The monoisotopic (exact) mass is 347 g/mol. The van der Waals surface area contributed by atoms with Gasteiger partial charge in [-0.1, -0.05) is 39.8 Å². The molecule has 130 valence electrons. The molecule has 1 aliphatic heterocycles. The number of thioether (sulfide) groups is 1. The third kappa shape index (κ3) is 4.01. The minimum Gasteiger partial charge on any atom is -0.493 e. The van der Waals surface area contributed by atoms with E-state index in [9.17, 15) is 9.59 Å². The lowest BCUT2D eigenvalue weighted by Gasteiger charge is -2.13. The Labute approximate surface area is 148 Å². The quantitative estimate of drug-likeness (QED) is 0.668. The van der Waals surface area contributed by atoms with E-state index in [1.165, 1.54) is 16.7 Å². The van der Waals surface area contributed by atoms with Gasteiger partial charge in [0.15, 0.2) is 0 Å². The van der Waals surface area contributed by atoms with E-state index in [0.717, 1.165) is 23.5 Å². The maximum absolute atomic E-state index is 12.7. The SMILES string of the molecule is CCCN1C(=O)C(SCC)=C(c2ccc(OCC(C)C)cc2)C1=O. The summed E-state index contributed by atoms with van der Waals surface area (Å²) >= 11 is 1.44. The van der Waals surface area contributed by atoms with Gasteiger partial charge >= 0.3 is 0 Å². The zero-order chi connectivity index (χ0) is 17.7. The molecule has 0 aromatic heterocycles. The lowest BCUT2D eigenvalue weighted by molar-refractivity contribution is -0.136. The van der Waals surface area contributed by atoms with Crippen molar-refractivity contribution in [1.29, 1.82) is 0 Å². The highest BCUT2D eigenvalue weighted by Crippen LogP contribution is 2.36.